The molecular weight excluding hydrogens is 206 g/mol. The maximum absolute atomic E-state index is 5.79. The van der Waals surface area contributed by atoms with Crippen LogP contribution in [0.3, 0.4) is 0 Å². The normalized spacial score (nSPS) is 25.6. The molecule has 0 saturated heterocycles. The second-order valence-corrected chi connectivity index (χ2v) is 5.33. The molecule has 4 heteroatoms. The van der Waals surface area contributed by atoms with Crippen LogP contribution in [0.1, 0.15) is 30.5 Å². The molecule has 1 saturated carbocycles. The minimum Gasteiger partial charge on any atom is -0.328 e. The SMILES string of the molecule is CCc1nc(CN(C)C2CC(N)C2)cs1. The van der Waals surface area contributed by atoms with Gasteiger partial charge in [0.1, 0.15) is 0 Å². The molecule has 1 fully saturated rings. The molecule has 0 aromatic carbocycles. The van der Waals surface area contributed by atoms with E-state index in [-0.39, 0.29) is 0 Å². The standard InChI is InChI=1S/C11H19N3S/c1-3-11-13-9(7-15-11)6-14(2)10-4-8(12)5-10/h7-8,10H,3-6,12H2,1-2H3. The molecule has 0 bridgehead atoms. The van der Waals surface area contributed by atoms with Crippen LogP contribution in [0.15, 0.2) is 5.38 Å². The number of thiazole rings is 1. The number of aromatic nitrogens is 1. The minimum absolute atomic E-state index is 0.430. The van der Waals surface area contributed by atoms with Gasteiger partial charge in [-0.15, -0.1) is 11.3 Å². The smallest absolute Gasteiger partial charge is 0.0926 e. The average molecular weight is 225 g/mol. The Morgan fingerprint density at radius 3 is 2.87 bits per heavy atom. The zero-order chi connectivity index (χ0) is 10.8. The molecule has 0 unspecified atom stereocenters. The Kier molecular flexibility index (Phi) is 3.38. The zero-order valence-electron chi connectivity index (χ0n) is 9.44. The predicted octanol–water partition coefficient (Wildman–Crippen LogP) is 1.63. The maximum Gasteiger partial charge on any atom is 0.0926 e. The van der Waals surface area contributed by atoms with Crippen LogP contribution in [0.2, 0.25) is 0 Å². The minimum atomic E-state index is 0.430. The first-order chi connectivity index (χ1) is 7.19. The van der Waals surface area contributed by atoms with E-state index in [4.69, 9.17) is 5.73 Å². The van der Waals surface area contributed by atoms with E-state index in [1.165, 1.54) is 10.7 Å². The Hall–Kier alpha value is -0.450. The van der Waals surface area contributed by atoms with E-state index in [2.05, 4.69) is 29.2 Å². The van der Waals surface area contributed by atoms with Crippen LogP contribution in [0.25, 0.3) is 0 Å². The summed E-state index contributed by atoms with van der Waals surface area (Å²) in [6, 6.07) is 1.10. The molecule has 0 spiro atoms. The number of rotatable bonds is 4. The largest absolute Gasteiger partial charge is 0.328 e. The fourth-order valence-corrected chi connectivity index (χ4v) is 2.69. The van der Waals surface area contributed by atoms with Gasteiger partial charge in [-0.1, -0.05) is 6.92 Å². The molecule has 1 heterocycles. The fourth-order valence-electron chi connectivity index (χ4n) is 1.96. The average Bonchev–Trinajstić information content (AvgIpc) is 2.60. The predicted molar refractivity (Wildman–Crippen MR) is 64.0 cm³/mol. The van der Waals surface area contributed by atoms with E-state index in [0.717, 1.165) is 25.8 Å². The second-order valence-electron chi connectivity index (χ2n) is 4.39. The van der Waals surface area contributed by atoms with Gasteiger partial charge in [-0.2, -0.15) is 0 Å². The molecule has 0 amide bonds. The maximum atomic E-state index is 5.79. The number of hydrogen-bond donors (Lipinski definition) is 1. The molecule has 84 valence electrons. The van der Waals surface area contributed by atoms with Crippen molar-refractivity contribution in [2.24, 2.45) is 5.73 Å². The van der Waals surface area contributed by atoms with E-state index in [1.54, 1.807) is 11.3 Å². The molecule has 0 aliphatic heterocycles. The molecule has 1 aromatic rings. The van der Waals surface area contributed by atoms with Crippen LogP contribution >= 0.6 is 11.3 Å². The summed E-state index contributed by atoms with van der Waals surface area (Å²) in [4.78, 5) is 6.95. The van der Waals surface area contributed by atoms with Crippen LogP contribution < -0.4 is 5.73 Å². The topological polar surface area (TPSA) is 42.2 Å². The highest BCUT2D eigenvalue weighted by Gasteiger charge is 2.29. The fraction of sp³-hybridized carbons (Fsp3) is 0.727. The molecule has 1 aliphatic carbocycles. The molecule has 2 rings (SSSR count). The monoisotopic (exact) mass is 225 g/mol. The first-order valence-electron chi connectivity index (χ1n) is 5.58. The van der Waals surface area contributed by atoms with Crippen molar-refractivity contribution in [3.05, 3.63) is 16.1 Å². The van der Waals surface area contributed by atoms with Crippen LogP contribution in [0, 0.1) is 0 Å². The molecular formula is C11H19N3S. The summed E-state index contributed by atoms with van der Waals surface area (Å²) in [7, 11) is 2.17. The van der Waals surface area contributed by atoms with Gasteiger partial charge in [0.05, 0.1) is 10.7 Å². The van der Waals surface area contributed by atoms with Crippen molar-refractivity contribution < 1.29 is 0 Å². The van der Waals surface area contributed by atoms with E-state index in [0.29, 0.717) is 12.1 Å². The highest BCUT2D eigenvalue weighted by Crippen LogP contribution is 2.24. The molecule has 0 radical (unpaired) electrons. The number of aryl methyl sites for hydroxylation is 1. The first-order valence-corrected chi connectivity index (χ1v) is 6.46. The van der Waals surface area contributed by atoms with E-state index < -0.39 is 0 Å². The first kappa shape index (κ1) is 11.0. The Morgan fingerprint density at radius 2 is 2.33 bits per heavy atom. The van der Waals surface area contributed by atoms with Gasteiger partial charge in [-0.25, -0.2) is 4.98 Å². The second kappa shape index (κ2) is 4.60. The van der Waals surface area contributed by atoms with Crippen molar-refractivity contribution >= 4 is 11.3 Å². The molecule has 2 N–H and O–H groups in total. The number of nitrogens with two attached hydrogens (primary N) is 1. The van der Waals surface area contributed by atoms with E-state index in [9.17, 15) is 0 Å². The van der Waals surface area contributed by atoms with Crippen molar-refractivity contribution in [2.45, 2.75) is 44.8 Å². The number of nitrogens with zero attached hydrogens (tertiary/aromatic N) is 2. The third-order valence-corrected chi connectivity index (χ3v) is 4.13. The van der Waals surface area contributed by atoms with Crippen molar-refractivity contribution in [1.29, 1.82) is 0 Å². The third-order valence-electron chi connectivity index (χ3n) is 3.09. The lowest BCUT2D eigenvalue weighted by Crippen LogP contribution is -2.48. The highest BCUT2D eigenvalue weighted by molar-refractivity contribution is 7.09. The van der Waals surface area contributed by atoms with Crippen LogP contribution in [0.4, 0.5) is 0 Å². The van der Waals surface area contributed by atoms with Crippen LogP contribution in [-0.4, -0.2) is 29.0 Å². The summed E-state index contributed by atoms with van der Waals surface area (Å²) in [5, 5.41) is 3.41. The molecule has 1 aromatic heterocycles. The molecule has 15 heavy (non-hydrogen) atoms. The van der Waals surface area contributed by atoms with E-state index in [1.807, 2.05) is 0 Å². The van der Waals surface area contributed by atoms with E-state index >= 15 is 0 Å². The lowest BCUT2D eigenvalue weighted by molar-refractivity contribution is 0.131. The van der Waals surface area contributed by atoms with Gasteiger partial charge in [0.25, 0.3) is 0 Å². The lowest BCUT2D eigenvalue weighted by Gasteiger charge is -2.39. The lowest BCUT2D eigenvalue weighted by atomic mass is 9.86. The van der Waals surface area contributed by atoms with Gasteiger partial charge in [0.15, 0.2) is 0 Å². The zero-order valence-corrected chi connectivity index (χ0v) is 10.3. The summed E-state index contributed by atoms with van der Waals surface area (Å²) < 4.78 is 0. The van der Waals surface area contributed by atoms with Crippen molar-refractivity contribution in [3.63, 3.8) is 0 Å². The van der Waals surface area contributed by atoms with Crippen molar-refractivity contribution in [2.75, 3.05) is 7.05 Å². The Balaban J connectivity index is 1.85. The summed E-state index contributed by atoms with van der Waals surface area (Å²) in [5.41, 5.74) is 6.99. The molecule has 1 aliphatic rings. The van der Waals surface area contributed by atoms with Gasteiger partial charge < -0.3 is 5.73 Å². The quantitative estimate of drug-likeness (QED) is 0.847. The van der Waals surface area contributed by atoms with Gasteiger partial charge >= 0.3 is 0 Å². The number of hydrogen-bond acceptors (Lipinski definition) is 4. The Morgan fingerprint density at radius 1 is 1.60 bits per heavy atom. The summed E-state index contributed by atoms with van der Waals surface area (Å²) in [5.74, 6) is 0. The molecule has 3 nitrogen and oxygen atoms in total. The summed E-state index contributed by atoms with van der Waals surface area (Å²) in [6.45, 7) is 3.12. The van der Waals surface area contributed by atoms with Crippen LogP contribution in [0.5, 0.6) is 0 Å². The highest BCUT2D eigenvalue weighted by atomic mass is 32.1. The van der Waals surface area contributed by atoms with Gasteiger partial charge in [-0.05, 0) is 26.3 Å². The summed E-state index contributed by atoms with van der Waals surface area (Å²) in [6.07, 6.45) is 3.32. The van der Waals surface area contributed by atoms with Crippen LogP contribution in [-0.2, 0) is 13.0 Å². The van der Waals surface area contributed by atoms with Gasteiger partial charge in [-0.3, -0.25) is 4.90 Å². The summed E-state index contributed by atoms with van der Waals surface area (Å²) >= 11 is 1.77. The third kappa shape index (κ3) is 2.56. The Labute approximate surface area is 95.3 Å². The van der Waals surface area contributed by atoms with Crippen molar-refractivity contribution in [3.8, 4) is 0 Å². The van der Waals surface area contributed by atoms with Crippen molar-refractivity contribution in [1.82, 2.24) is 9.88 Å². The molecule has 0 atom stereocenters. The Bertz CT molecular complexity index is 317. The van der Waals surface area contributed by atoms with Gasteiger partial charge in [0, 0.05) is 24.0 Å². The van der Waals surface area contributed by atoms with Gasteiger partial charge in [0.2, 0.25) is 0 Å².